The quantitative estimate of drug-likeness (QED) is 0.116. The summed E-state index contributed by atoms with van der Waals surface area (Å²) in [5.41, 5.74) is 6.25. The Morgan fingerprint density at radius 3 is 2.76 bits per heavy atom. The standard InChI is InChI=1S/C34H44N8O9/c1-4-49-31(46)28-20(14-43)18(7-11-41-12-10-37-33(41)42-16-38-24-29(42)39-32(35)40-30(24)45)23-26(48-3)19-13-22(34(2,47)17-5-8-36-9-6-17)50-25(19)21(15-44)27(23)51-28/h7,10,12,14,17,22,24,29,32,36,38-39,44,47H,4-6,8-9,11,13,15-16,35H2,1-3H3,(H,40,45). The molecule has 1 aromatic heterocycles. The smallest absolute Gasteiger partial charge is 0.375 e. The van der Waals surface area contributed by atoms with Gasteiger partial charge in [-0.25, -0.2) is 9.78 Å². The van der Waals surface area contributed by atoms with Crippen molar-refractivity contribution in [1.82, 2.24) is 30.8 Å². The largest absolute Gasteiger partial charge is 0.496 e. The Hall–Kier alpha value is -4.52. The lowest BCUT2D eigenvalue weighted by atomic mass is 9.77. The van der Waals surface area contributed by atoms with Gasteiger partial charge in [0.25, 0.3) is 0 Å². The molecule has 3 saturated heterocycles. The van der Waals surface area contributed by atoms with E-state index in [1.165, 1.54) is 7.11 Å². The van der Waals surface area contributed by atoms with Crippen LogP contribution in [0.4, 0.5) is 5.95 Å². The molecule has 17 nitrogen and oxygen atoms in total. The highest BCUT2D eigenvalue weighted by Crippen LogP contribution is 2.55. The molecule has 51 heavy (non-hydrogen) atoms. The highest BCUT2D eigenvalue weighted by Gasteiger charge is 2.48. The molecular weight excluding hydrogens is 664 g/mol. The molecule has 5 unspecified atom stereocenters. The van der Waals surface area contributed by atoms with Gasteiger partial charge in [-0.3, -0.25) is 26.0 Å². The molecule has 0 aliphatic carbocycles. The van der Waals surface area contributed by atoms with Gasteiger partial charge in [0, 0.05) is 36.5 Å². The number of nitrogens with zero attached hydrogens (tertiary/aromatic N) is 3. The summed E-state index contributed by atoms with van der Waals surface area (Å²) in [5, 5.41) is 35.0. The van der Waals surface area contributed by atoms with Gasteiger partial charge in [0.15, 0.2) is 6.29 Å². The van der Waals surface area contributed by atoms with Crippen molar-refractivity contribution in [3.8, 4) is 17.2 Å². The van der Waals surface area contributed by atoms with Crippen molar-refractivity contribution >= 4 is 29.7 Å². The molecule has 0 saturated carbocycles. The van der Waals surface area contributed by atoms with Gasteiger partial charge in [-0.1, -0.05) is 6.08 Å². The number of rotatable bonds is 10. The number of nitrogens with one attached hydrogen (secondary N) is 4. The molecule has 3 fully saturated rings. The summed E-state index contributed by atoms with van der Waals surface area (Å²) in [5.74, 6) is -0.227. The zero-order chi connectivity index (χ0) is 36.0. The second-order valence-electron chi connectivity index (χ2n) is 13.3. The molecular formula is C34H44N8O9. The number of aliphatic hydroxyl groups excluding tert-OH is 1. The highest BCUT2D eigenvalue weighted by atomic mass is 16.6. The van der Waals surface area contributed by atoms with Gasteiger partial charge in [-0.15, -0.1) is 0 Å². The number of esters is 1. The number of carbonyl (C=O) groups excluding carboxylic acids is 3. The zero-order valence-electron chi connectivity index (χ0n) is 28.7. The van der Waals surface area contributed by atoms with Gasteiger partial charge in [0.1, 0.15) is 47.5 Å². The van der Waals surface area contributed by atoms with Crippen LogP contribution in [0.1, 0.15) is 43.4 Å². The number of aliphatic hydroxyl groups is 2. The monoisotopic (exact) mass is 708 g/mol. The van der Waals surface area contributed by atoms with Crippen LogP contribution in [-0.4, -0.2) is 102 Å². The molecule has 0 bridgehead atoms. The molecule has 5 aliphatic heterocycles. The van der Waals surface area contributed by atoms with Gasteiger partial charge >= 0.3 is 5.97 Å². The fourth-order valence-electron chi connectivity index (χ4n) is 7.87. The molecule has 1 amide bonds. The number of nitrogens with two attached hydrogens (primary N) is 1. The highest BCUT2D eigenvalue weighted by molar-refractivity contribution is 6.10. The normalized spacial score (nSPS) is 26.4. The first kappa shape index (κ1) is 34.9. The number of ether oxygens (including phenoxy) is 4. The summed E-state index contributed by atoms with van der Waals surface area (Å²) < 4.78 is 25.8. The number of methoxy groups -OCH3 is 1. The Morgan fingerprint density at radius 2 is 2.06 bits per heavy atom. The lowest BCUT2D eigenvalue weighted by Gasteiger charge is -2.39. The second-order valence-corrected chi connectivity index (χ2v) is 13.3. The third-order valence-corrected chi connectivity index (χ3v) is 10.5. The molecule has 0 radical (unpaired) electrons. The van der Waals surface area contributed by atoms with Gasteiger partial charge < -0.3 is 49.3 Å². The van der Waals surface area contributed by atoms with Crippen LogP contribution in [0.15, 0.2) is 29.8 Å². The average molecular weight is 709 g/mol. The van der Waals surface area contributed by atoms with Crippen LogP contribution >= 0.6 is 0 Å². The Balaban J connectivity index is 1.32. The summed E-state index contributed by atoms with van der Waals surface area (Å²) >= 11 is 0. The number of aromatic nitrogens is 2. The number of imidazole rings is 1. The van der Waals surface area contributed by atoms with Gasteiger partial charge in [0.05, 0.1) is 43.7 Å². The summed E-state index contributed by atoms with van der Waals surface area (Å²) in [4.78, 5) is 45.2. The number of benzene rings is 1. The van der Waals surface area contributed by atoms with Gasteiger partial charge in [-0.05, 0) is 45.7 Å². The number of hydrogen-bond acceptors (Lipinski definition) is 15. The number of carbonyl (C=O) groups is 3. The number of anilines is 1. The van der Waals surface area contributed by atoms with Crippen molar-refractivity contribution in [3.63, 3.8) is 0 Å². The van der Waals surface area contributed by atoms with Crippen molar-refractivity contribution in [1.29, 1.82) is 0 Å². The van der Waals surface area contributed by atoms with E-state index in [1.54, 1.807) is 32.3 Å². The first-order valence-corrected chi connectivity index (χ1v) is 17.2. The number of amides is 1. The molecule has 17 heteroatoms. The minimum Gasteiger partial charge on any atom is -0.496 e. The minimum absolute atomic E-state index is 0.0268. The number of allylic oxidation sites excluding steroid dienone is 3. The maximum Gasteiger partial charge on any atom is 0.375 e. The van der Waals surface area contributed by atoms with E-state index < -0.39 is 42.8 Å². The number of hydrogen-bond donors (Lipinski definition) is 7. The fraction of sp³-hybridized carbons (Fsp3) is 0.529. The van der Waals surface area contributed by atoms with Crippen LogP contribution in [0.3, 0.4) is 0 Å². The fourth-order valence-corrected chi connectivity index (χ4v) is 7.87. The van der Waals surface area contributed by atoms with Gasteiger partial charge in [-0.2, -0.15) is 0 Å². The van der Waals surface area contributed by atoms with E-state index >= 15 is 0 Å². The summed E-state index contributed by atoms with van der Waals surface area (Å²) in [7, 11) is 1.48. The molecule has 274 valence electrons. The van der Waals surface area contributed by atoms with Crippen LogP contribution in [0.2, 0.25) is 0 Å². The predicted octanol–water partition coefficient (Wildman–Crippen LogP) is -1.05. The maximum atomic E-state index is 13.3. The van der Waals surface area contributed by atoms with Crippen molar-refractivity contribution in [2.24, 2.45) is 11.7 Å². The van der Waals surface area contributed by atoms with Crippen molar-refractivity contribution < 1.29 is 43.5 Å². The Bertz CT molecular complexity index is 1780. The first-order chi connectivity index (χ1) is 24.6. The van der Waals surface area contributed by atoms with E-state index in [4.69, 9.17) is 24.7 Å². The molecule has 1 aromatic carbocycles. The number of piperidine rings is 1. The topological polar surface area (TPSA) is 224 Å². The average Bonchev–Trinajstić information content (AvgIpc) is 3.88. The predicted molar refractivity (Wildman–Crippen MR) is 181 cm³/mol. The summed E-state index contributed by atoms with van der Waals surface area (Å²) in [6.45, 7) is 4.94. The molecule has 8 N–H and O–H groups in total. The summed E-state index contributed by atoms with van der Waals surface area (Å²) in [6, 6.07) is -0.558. The third kappa shape index (κ3) is 5.92. The van der Waals surface area contributed by atoms with Crippen LogP contribution in [0.25, 0.3) is 5.57 Å². The van der Waals surface area contributed by atoms with E-state index in [0.717, 1.165) is 25.9 Å². The van der Waals surface area contributed by atoms with E-state index in [2.05, 4.69) is 26.3 Å². The Labute approximate surface area is 294 Å². The van der Waals surface area contributed by atoms with Crippen LogP contribution < -0.4 is 46.1 Å². The minimum atomic E-state index is -1.21. The number of aldehydes is 1. The molecule has 5 atom stereocenters. The second kappa shape index (κ2) is 13.9. The Kier molecular flexibility index (Phi) is 9.51. The van der Waals surface area contributed by atoms with Crippen LogP contribution in [0.5, 0.6) is 17.2 Å². The first-order valence-electron chi connectivity index (χ1n) is 17.2. The molecule has 5 aliphatic rings. The van der Waals surface area contributed by atoms with E-state index in [1.807, 2.05) is 9.47 Å². The maximum absolute atomic E-state index is 13.3. The lowest BCUT2D eigenvalue weighted by molar-refractivity contribution is -0.141. The van der Waals surface area contributed by atoms with Crippen molar-refractivity contribution in [2.75, 3.05) is 38.4 Å². The van der Waals surface area contributed by atoms with Crippen molar-refractivity contribution in [3.05, 3.63) is 46.5 Å². The van der Waals surface area contributed by atoms with E-state index in [9.17, 15) is 24.6 Å². The zero-order valence-corrected chi connectivity index (χ0v) is 28.7. The molecule has 6 heterocycles. The SMILES string of the molecule is CCOC(=O)C1=C(C=O)C(=CCn2ccnc2N2CNC3C(=O)NC(N)NC32)c2c(OC)c3c(c(CO)c2O1)OC(C(C)(O)C1CCNCC1)C3. The third-order valence-electron chi connectivity index (χ3n) is 10.5. The van der Waals surface area contributed by atoms with Gasteiger partial charge in [0.2, 0.25) is 17.6 Å². The Morgan fingerprint density at radius 1 is 1.27 bits per heavy atom. The van der Waals surface area contributed by atoms with Crippen LogP contribution in [0, 0.1) is 5.92 Å². The molecule has 2 aromatic rings. The number of fused-ring (bicyclic) bond motifs is 3. The van der Waals surface area contributed by atoms with Crippen LogP contribution in [-0.2, 0) is 38.7 Å². The molecule has 0 spiro atoms. The summed E-state index contributed by atoms with van der Waals surface area (Å²) in [6.07, 6.45) is 5.58. The van der Waals surface area contributed by atoms with Crippen molar-refractivity contribution in [2.45, 2.75) is 76.5 Å². The molecule has 7 rings (SSSR count). The van der Waals surface area contributed by atoms with E-state index in [0.29, 0.717) is 47.1 Å². The van der Waals surface area contributed by atoms with E-state index in [-0.39, 0.29) is 54.0 Å². The lowest BCUT2D eigenvalue weighted by Crippen LogP contribution is -2.70.